The van der Waals surface area contributed by atoms with Gasteiger partial charge in [-0.25, -0.2) is 9.89 Å². The molecule has 0 aliphatic rings. The van der Waals surface area contributed by atoms with Crippen LogP contribution in [0.1, 0.15) is 11.5 Å². The fraction of sp³-hybridized carbons (Fsp3) is 0.111. The molecule has 0 aliphatic carbocycles. The normalized spacial score (nSPS) is 10.8. The number of aryl methyl sites for hydroxylation is 1. The van der Waals surface area contributed by atoms with Gasteiger partial charge in [-0.15, -0.1) is 0 Å². The predicted molar refractivity (Wildman–Crippen MR) is 64.0 cm³/mol. The molecule has 19 heavy (non-hydrogen) atoms. The van der Waals surface area contributed by atoms with Gasteiger partial charge in [0.1, 0.15) is 10.6 Å². The van der Waals surface area contributed by atoms with E-state index in [0.717, 1.165) is 0 Å². The third-order valence-corrected chi connectivity index (χ3v) is 2.03. The second kappa shape index (κ2) is 5.08. The van der Waals surface area contributed by atoms with Crippen LogP contribution in [-0.2, 0) is 0 Å². The Kier molecular flexibility index (Phi) is 3.32. The van der Waals surface area contributed by atoms with E-state index in [1.54, 1.807) is 6.92 Å². The van der Waals surface area contributed by atoms with Crippen LogP contribution in [0.5, 0.6) is 0 Å². The quantitative estimate of drug-likeness (QED) is 0.463. The van der Waals surface area contributed by atoms with Gasteiger partial charge in [0.25, 0.3) is 0 Å². The Morgan fingerprint density at radius 2 is 2.37 bits per heavy atom. The van der Waals surface area contributed by atoms with Gasteiger partial charge in [-0.1, -0.05) is 0 Å². The lowest BCUT2D eigenvalue weighted by atomic mass is 10.5. The maximum absolute atomic E-state index is 10.9. The van der Waals surface area contributed by atoms with Crippen molar-refractivity contribution in [1.29, 1.82) is 0 Å². The summed E-state index contributed by atoms with van der Waals surface area (Å²) in [5.74, 6) is -0.00992. The fourth-order valence-corrected chi connectivity index (χ4v) is 1.16. The summed E-state index contributed by atoms with van der Waals surface area (Å²) in [6.07, 6.45) is 1.22. The van der Waals surface area contributed by atoms with Crippen LogP contribution in [0.2, 0.25) is 0 Å². The third kappa shape index (κ3) is 3.00. The molecule has 0 saturated heterocycles. The van der Waals surface area contributed by atoms with Gasteiger partial charge >= 0.3 is 11.6 Å². The lowest BCUT2D eigenvalue weighted by molar-refractivity contribution is -0.402. The number of aromatic amines is 1. The van der Waals surface area contributed by atoms with E-state index in [4.69, 9.17) is 4.42 Å². The van der Waals surface area contributed by atoms with Gasteiger partial charge < -0.3 is 4.42 Å². The molecule has 0 radical (unpaired) electrons. The highest BCUT2D eigenvalue weighted by atomic mass is 16.6. The van der Waals surface area contributed by atoms with E-state index >= 15 is 0 Å². The number of H-pyrrole nitrogens is 1. The van der Waals surface area contributed by atoms with Crippen LogP contribution >= 0.6 is 0 Å². The summed E-state index contributed by atoms with van der Waals surface area (Å²) in [5.41, 5.74) is 2.32. The van der Waals surface area contributed by atoms with Gasteiger partial charge in [0.15, 0.2) is 11.6 Å². The molecule has 2 aromatic rings. The SMILES string of the molecule is Cc1n[nH]c(=O)nc1N/N=C/c1ccc([N+](=O)[O-])o1. The van der Waals surface area contributed by atoms with Crippen LogP contribution in [-0.4, -0.2) is 26.3 Å². The summed E-state index contributed by atoms with van der Waals surface area (Å²) in [5, 5.41) is 20.0. The molecule has 2 rings (SSSR count). The van der Waals surface area contributed by atoms with Gasteiger partial charge in [0.2, 0.25) is 0 Å². The molecular weight excluding hydrogens is 256 g/mol. The summed E-state index contributed by atoms with van der Waals surface area (Å²) in [4.78, 5) is 24.3. The van der Waals surface area contributed by atoms with Crippen LogP contribution in [0.15, 0.2) is 26.4 Å². The van der Waals surface area contributed by atoms with E-state index in [9.17, 15) is 14.9 Å². The summed E-state index contributed by atoms with van der Waals surface area (Å²) in [6, 6.07) is 2.60. The number of hydrogen-bond donors (Lipinski definition) is 2. The molecule has 2 aromatic heterocycles. The molecule has 0 spiro atoms. The molecule has 0 aliphatic heterocycles. The molecule has 0 unspecified atom stereocenters. The van der Waals surface area contributed by atoms with Crippen LogP contribution in [0.4, 0.5) is 11.7 Å². The van der Waals surface area contributed by atoms with Gasteiger partial charge in [0.05, 0.1) is 12.3 Å². The van der Waals surface area contributed by atoms with Crippen molar-refractivity contribution in [2.45, 2.75) is 6.92 Å². The van der Waals surface area contributed by atoms with Crippen molar-refractivity contribution < 1.29 is 9.34 Å². The van der Waals surface area contributed by atoms with Crippen LogP contribution in [0.3, 0.4) is 0 Å². The van der Waals surface area contributed by atoms with Crippen LogP contribution in [0, 0.1) is 17.0 Å². The third-order valence-electron chi connectivity index (χ3n) is 2.03. The summed E-state index contributed by atoms with van der Waals surface area (Å²) < 4.78 is 4.84. The molecule has 10 heteroatoms. The summed E-state index contributed by atoms with van der Waals surface area (Å²) in [7, 11) is 0. The van der Waals surface area contributed by atoms with Crippen LogP contribution in [0.25, 0.3) is 0 Å². The monoisotopic (exact) mass is 264 g/mol. The molecular formula is C9H8N6O4. The Hall–Kier alpha value is -3.04. The second-order valence-corrected chi connectivity index (χ2v) is 3.38. The highest BCUT2D eigenvalue weighted by Crippen LogP contribution is 2.13. The van der Waals surface area contributed by atoms with Crippen molar-refractivity contribution in [3.05, 3.63) is 44.2 Å². The Morgan fingerprint density at radius 3 is 3.05 bits per heavy atom. The minimum atomic E-state index is -0.656. The first-order chi connectivity index (χ1) is 9.06. The number of hydrazone groups is 1. The highest BCUT2D eigenvalue weighted by Gasteiger charge is 2.10. The average Bonchev–Trinajstić information content (AvgIpc) is 2.82. The number of hydrogen-bond acceptors (Lipinski definition) is 8. The Morgan fingerprint density at radius 1 is 1.58 bits per heavy atom. The topological polar surface area (TPSA) is 139 Å². The second-order valence-electron chi connectivity index (χ2n) is 3.38. The van der Waals surface area contributed by atoms with Crippen LogP contribution < -0.4 is 11.1 Å². The lowest BCUT2D eigenvalue weighted by Gasteiger charge is -1.99. The maximum atomic E-state index is 10.9. The first kappa shape index (κ1) is 12.4. The molecule has 2 heterocycles. The first-order valence-corrected chi connectivity index (χ1v) is 5.03. The molecule has 0 fully saturated rings. The zero-order valence-electron chi connectivity index (χ0n) is 9.65. The van der Waals surface area contributed by atoms with Gasteiger partial charge in [0, 0.05) is 0 Å². The summed E-state index contributed by atoms with van der Waals surface area (Å²) >= 11 is 0. The van der Waals surface area contributed by atoms with E-state index in [-0.39, 0.29) is 17.5 Å². The minimum Gasteiger partial charge on any atom is -0.400 e. The van der Waals surface area contributed by atoms with Gasteiger partial charge in [-0.2, -0.15) is 15.2 Å². The standard InChI is InChI=1S/C9H8N6O4/c1-5-8(11-9(16)14-12-5)13-10-4-6-2-3-7(19-6)15(17)18/h2-4H,1H3,(H2,11,13,14,16)/b10-4+. The smallest absolute Gasteiger partial charge is 0.400 e. The number of nitro groups is 1. The fourth-order valence-electron chi connectivity index (χ4n) is 1.16. The van der Waals surface area contributed by atoms with Crippen molar-refractivity contribution in [2.24, 2.45) is 5.10 Å². The Balaban J connectivity index is 2.08. The highest BCUT2D eigenvalue weighted by molar-refractivity contribution is 5.76. The maximum Gasteiger partial charge on any atom is 0.433 e. The van der Waals surface area contributed by atoms with E-state index in [0.29, 0.717) is 5.69 Å². The van der Waals surface area contributed by atoms with Crippen molar-refractivity contribution in [3.8, 4) is 0 Å². The van der Waals surface area contributed by atoms with Crippen molar-refractivity contribution >= 4 is 17.9 Å². The number of rotatable bonds is 4. The number of nitrogens with one attached hydrogen (secondary N) is 2. The Bertz CT molecular complexity index is 688. The lowest BCUT2D eigenvalue weighted by Crippen LogP contribution is -2.15. The van der Waals surface area contributed by atoms with Gasteiger partial charge in [-0.05, 0) is 13.0 Å². The molecule has 98 valence electrons. The number of anilines is 1. The zero-order valence-corrected chi connectivity index (χ0v) is 9.65. The molecule has 0 aromatic carbocycles. The molecule has 0 amide bonds. The molecule has 0 atom stereocenters. The zero-order chi connectivity index (χ0) is 13.8. The largest absolute Gasteiger partial charge is 0.433 e. The van der Waals surface area contributed by atoms with Gasteiger partial charge in [-0.3, -0.25) is 15.5 Å². The average molecular weight is 264 g/mol. The molecule has 2 N–H and O–H groups in total. The molecule has 0 bridgehead atoms. The van der Waals surface area contributed by atoms with Crippen molar-refractivity contribution in [3.63, 3.8) is 0 Å². The number of aromatic nitrogens is 3. The van der Waals surface area contributed by atoms with Crippen molar-refractivity contribution in [2.75, 3.05) is 5.43 Å². The predicted octanol–water partition coefficient (Wildman–Crippen LogP) is 0.421. The van der Waals surface area contributed by atoms with E-state index in [2.05, 4.69) is 25.7 Å². The number of furan rings is 1. The first-order valence-electron chi connectivity index (χ1n) is 5.03. The Labute approximate surface area is 105 Å². The van der Waals surface area contributed by atoms with E-state index < -0.39 is 10.6 Å². The van der Waals surface area contributed by atoms with E-state index in [1.165, 1.54) is 18.3 Å². The molecule has 10 nitrogen and oxygen atoms in total. The van der Waals surface area contributed by atoms with E-state index in [1.807, 2.05) is 0 Å². The molecule has 0 saturated carbocycles. The van der Waals surface area contributed by atoms with Crippen molar-refractivity contribution in [1.82, 2.24) is 15.2 Å². The summed E-state index contributed by atoms with van der Waals surface area (Å²) in [6.45, 7) is 1.62. The number of nitrogens with zero attached hydrogens (tertiary/aromatic N) is 4. The minimum absolute atomic E-state index is 0.182.